The van der Waals surface area contributed by atoms with Crippen LogP contribution in [0, 0.1) is 11.8 Å². The van der Waals surface area contributed by atoms with Gasteiger partial charge in [0.2, 0.25) is 106 Å². The normalized spacial score (nSPS) is 24.5. The molecular weight excluding hydrogens is 1880 g/mol. The number of carboxylic acids is 1. The lowest BCUT2D eigenvalue weighted by atomic mass is 9.99. The number of likely N-dealkylation sites (N-methyl/N-ethyl adjacent to an activating group) is 3. The molecule has 3 saturated heterocycles. The molecule has 144 heavy (non-hydrogen) atoms. The van der Waals surface area contributed by atoms with Gasteiger partial charge >= 0.3 is 5.97 Å². The van der Waals surface area contributed by atoms with Crippen molar-refractivity contribution >= 4 is 152 Å². The van der Waals surface area contributed by atoms with Crippen LogP contribution in [0.1, 0.15) is 169 Å². The van der Waals surface area contributed by atoms with Gasteiger partial charge in [-0.15, -0.1) is 11.8 Å². The lowest BCUT2D eigenvalue weighted by molar-refractivity contribution is -0.149. The number of thioether (sulfide) groups is 1. The highest BCUT2D eigenvalue weighted by Gasteiger charge is 2.47. The summed E-state index contributed by atoms with van der Waals surface area (Å²) < 4.78 is 1.67. The van der Waals surface area contributed by atoms with E-state index in [0.717, 1.165) is 38.6 Å². The van der Waals surface area contributed by atoms with Crippen LogP contribution in [0.5, 0.6) is 5.75 Å². The third-order valence-electron chi connectivity index (χ3n) is 26.0. The Labute approximate surface area is 836 Å². The highest BCUT2D eigenvalue weighted by molar-refractivity contribution is 8.00. The SMILES string of the molecule is CCCC[C@H]1C(=O)N(C)[C@@H](CCCC)C(=O)N[C@@H](CC(C)C)C(=O)N[C@H](C(=O)NCC(N)=O)CSCC(=O)N[C@@H](Cc2ccc(O)cc2)C(=O)N(C)[C@@H](C)C(=O)N[C@@H](CC(N)=O)C(=O)N2CCC[C@H]2C(=O)N[C@@H](CNC(=O)c2ccc(C(=O)O)cc2)C(=O)N[C@@H](CC(C)C)C(=O)N2C[C@H](O)C[C@H]2C(=O)N[C@@H](Cc2c[nH]c3ccccc23)C(=O)N[C@H]2CCNC(=O)Cn3cc(c4ccccc43)C[C@H](NC2=O)C(=O)N1C. The van der Waals surface area contributed by atoms with E-state index in [9.17, 15) is 63.3 Å². The van der Waals surface area contributed by atoms with Crippen molar-refractivity contribution in [3.8, 4) is 5.75 Å². The van der Waals surface area contributed by atoms with E-state index in [1.54, 1.807) is 93.2 Å². The minimum Gasteiger partial charge on any atom is -0.508 e. The van der Waals surface area contributed by atoms with Gasteiger partial charge in [-0.2, -0.15) is 0 Å². The van der Waals surface area contributed by atoms with Crippen molar-refractivity contribution in [3.05, 3.63) is 137 Å². The second kappa shape index (κ2) is 51.9. The second-order valence-electron chi connectivity index (χ2n) is 37.8. The lowest BCUT2D eigenvalue weighted by Gasteiger charge is -2.36. The number of amides is 19. The number of nitrogens with zero attached hydrogens (tertiary/aromatic N) is 6. The number of aromatic amines is 1. The predicted octanol–water partition coefficient (Wildman–Crippen LogP) is -0.983. The van der Waals surface area contributed by atoms with Gasteiger partial charge in [-0.3, -0.25) is 91.1 Å². The van der Waals surface area contributed by atoms with Gasteiger partial charge < -0.3 is 125 Å². The fraction of sp³-hybridized carbons (Fsp3) is 0.515. The fourth-order valence-corrected chi connectivity index (χ4v) is 19.0. The predicted molar refractivity (Wildman–Crippen MR) is 528 cm³/mol. The Morgan fingerprint density at radius 3 is 1.80 bits per heavy atom. The summed E-state index contributed by atoms with van der Waals surface area (Å²) in [6, 6.07) is 1.90. The highest BCUT2D eigenvalue weighted by atomic mass is 32.2. The molecule has 15 atom stereocenters. The molecule has 45 heteroatoms. The van der Waals surface area contributed by atoms with Crippen molar-refractivity contribution in [2.75, 3.05) is 65.4 Å². The third-order valence-corrected chi connectivity index (χ3v) is 27.0. The van der Waals surface area contributed by atoms with Crippen molar-refractivity contribution in [2.45, 2.75) is 248 Å². The number of aromatic hydroxyl groups is 1. The molecule has 6 heterocycles. The molecule has 4 aliphatic rings. The Balaban J connectivity index is 1.05. The number of primary amides is 2. The number of fused-ring (bicyclic) bond motifs is 11. The zero-order chi connectivity index (χ0) is 105. The van der Waals surface area contributed by atoms with Crippen LogP contribution in [0.4, 0.5) is 0 Å². The first kappa shape index (κ1) is 111. The Morgan fingerprint density at radius 2 is 1.13 bits per heavy atom. The van der Waals surface area contributed by atoms with Crippen molar-refractivity contribution < 1.29 is 111 Å². The van der Waals surface area contributed by atoms with Crippen LogP contribution >= 0.6 is 11.8 Å². The summed E-state index contributed by atoms with van der Waals surface area (Å²) in [4.78, 5) is 302. The number of nitrogens with one attached hydrogen (secondary N) is 13. The molecule has 0 spiro atoms. The molecule has 19 amide bonds. The molecule has 778 valence electrons. The van der Waals surface area contributed by atoms with E-state index in [1.165, 1.54) is 74.3 Å². The second-order valence-corrected chi connectivity index (χ2v) is 38.9. The zero-order valence-electron chi connectivity index (χ0n) is 82.4. The molecule has 10 rings (SSSR count). The molecule has 3 fully saturated rings. The number of carbonyl (C=O) groups excluding carboxylic acids is 19. The Bertz CT molecular complexity index is 5710. The first-order chi connectivity index (χ1) is 68.4. The average Bonchev–Trinajstić information content (AvgIpc) is 1.63. The average molecular weight is 2020 g/mol. The Kier molecular flexibility index (Phi) is 40.2. The minimum atomic E-state index is -1.88. The number of H-pyrrole nitrogens is 1. The fourth-order valence-electron chi connectivity index (χ4n) is 18.1. The Morgan fingerprint density at radius 1 is 0.542 bits per heavy atom. The summed E-state index contributed by atoms with van der Waals surface area (Å²) in [6.07, 6.45) is 0.636. The number of aromatic nitrogens is 2. The largest absolute Gasteiger partial charge is 0.508 e. The van der Waals surface area contributed by atoms with Crippen molar-refractivity contribution in [2.24, 2.45) is 23.3 Å². The molecule has 44 nitrogen and oxygen atoms in total. The number of hydrogen-bond donors (Lipinski definition) is 18. The monoisotopic (exact) mass is 2020 g/mol. The molecule has 0 aliphatic carbocycles. The molecule has 0 saturated carbocycles. The number of aromatic carboxylic acids is 1. The Hall–Kier alpha value is -14.5. The third kappa shape index (κ3) is 30.1. The van der Waals surface area contributed by atoms with E-state index in [1.807, 2.05) is 13.8 Å². The quantitative estimate of drug-likeness (QED) is 0.0366. The minimum absolute atomic E-state index is 0.00115. The number of aliphatic hydroxyl groups excluding tert-OH is 1. The summed E-state index contributed by atoms with van der Waals surface area (Å²) >= 11 is 0.776. The number of phenols is 1. The number of para-hydroxylation sites is 2. The maximum Gasteiger partial charge on any atom is 0.335 e. The van der Waals surface area contributed by atoms with Gasteiger partial charge in [0, 0.05) is 119 Å². The first-order valence-electron chi connectivity index (χ1n) is 48.5. The van der Waals surface area contributed by atoms with E-state index >= 15 is 47.9 Å². The molecular formula is C99H133N21O23S. The van der Waals surface area contributed by atoms with E-state index in [4.69, 9.17) is 11.5 Å². The highest BCUT2D eigenvalue weighted by Crippen LogP contribution is 2.30. The van der Waals surface area contributed by atoms with Gasteiger partial charge in [0.05, 0.1) is 30.4 Å². The number of unbranched alkanes of at least 4 members (excludes halogenated alkanes) is 2. The molecule has 0 radical (unpaired) electrons. The maximum absolute atomic E-state index is 16.0. The summed E-state index contributed by atoms with van der Waals surface area (Å²) in [6.45, 7) is 9.09. The van der Waals surface area contributed by atoms with E-state index in [0.29, 0.717) is 64.2 Å². The van der Waals surface area contributed by atoms with E-state index in [2.05, 4.69) is 68.8 Å². The number of phenolic OH excluding ortho intramolecular Hbond substituents is 1. The number of nitrogens with two attached hydrogens (primary N) is 2. The molecule has 4 aromatic carbocycles. The van der Waals surface area contributed by atoms with E-state index < -0.39 is 259 Å². The van der Waals surface area contributed by atoms with E-state index in [-0.39, 0.29) is 107 Å². The van der Waals surface area contributed by atoms with Crippen LogP contribution in [0.25, 0.3) is 21.8 Å². The number of rotatable bonds is 23. The van der Waals surface area contributed by atoms with Gasteiger partial charge in [0.25, 0.3) is 5.91 Å². The van der Waals surface area contributed by atoms with Crippen LogP contribution in [0.15, 0.2) is 109 Å². The number of hydrogen-bond acceptors (Lipinski definition) is 23. The number of aliphatic hydroxyl groups is 1. The van der Waals surface area contributed by atoms with Crippen LogP contribution in [0.2, 0.25) is 0 Å². The van der Waals surface area contributed by atoms with Gasteiger partial charge in [0.1, 0.15) is 96.9 Å². The molecule has 0 unspecified atom stereocenters. The van der Waals surface area contributed by atoms with Gasteiger partial charge in [-0.1, -0.05) is 116 Å². The lowest BCUT2D eigenvalue weighted by Crippen LogP contribution is -2.62. The maximum atomic E-state index is 16.0. The number of carboxylic acid groups (broad SMARTS) is 1. The molecule has 4 bridgehead atoms. The number of benzene rings is 4. The summed E-state index contributed by atoms with van der Waals surface area (Å²) in [7, 11) is 3.94. The summed E-state index contributed by atoms with van der Waals surface area (Å²) in [5.74, 6) is -21.0. The van der Waals surface area contributed by atoms with Crippen molar-refractivity contribution in [1.82, 2.24) is 97.9 Å². The molecule has 2 aromatic heterocycles. The summed E-state index contributed by atoms with van der Waals surface area (Å²) in [5.41, 5.74) is 13.4. The zero-order valence-corrected chi connectivity index (χ0v) is 83.2. The molecule has 20 N–H and O–H groups in total. The van der Waals surface area contributed by atoms with Crippen molar-refractivity contribution in [3.63, 3.8) is 0 Å². The standard InChI is InChI=1S/C99H133N21O23S/c1-11-13-23-76-91(134)108-67(38-53(3)4)88(131)114-74(86(129)105-47-81(101)124)51-144-52-83(126)106-70(40-56-27-33-61(121)34-28-56)94(137)115(8)55(7)84(127)110-72(44-80(100)123)96(139)119-37-19-26-77(119)92(135)113-73(46-104-85(128)57-29-31-58(32-30-57)99(142)143)90(133)111-69(39-54(5)6)97(140)120-49-62(122)43-79(120)93(136)109-68(41-59-45-103-65-22-17-15-20-63(59)65)89(132)107-66-35-36-102-82(125)50-118-48-60(64-21-16-18-25-75(64)118)42-71(112-87(66)130)95(138)117(10)78(24-14-12-2)98(141)116(76)9/h15-18,20-22,25,27-34,45,48,53-55,62,66-74,76-79,103,121-122H,11-14,19,23-24,26,35-44,46-47,49-52H2,1-10H3,(H2,100,123)(H2,101,124)(H,102,125)(H,104,128)(H,105,129)(H,106,126)(H,107,132)(H,108,134)(H,109,136)(H,110,127)(H,111,133)(H,112,130)(H,113,135)(H,114,131)(H,142,143)/t55-,62+,66-,67-,68-,69-,70-,71-,72-,73-,74-,76-,77-,78-,79-/m0/s1. The topological polar surface area (TPSA) is 635 Å². The molecule has 6 aromatic rings. The van der Waals surface area contributed by atoms with Gasteiger partial charge in [-0.05, 0) is 129 Å². The van der Waals surface area contributed by atoms with Gasteiger partial charge in [0.15, 0.2) is 0 Å². The van der Waals surface area contributed by atoms with Crippen LogP contribution < -0.4 is 75.3 Å². The smallest absolute Gasteiger partial charge is 0.335 e. The summed E-state index contributed by atoms with van der Waals surface area (Å²) in [5, 5.41) is 64.8. The van der Waals surface area contributed by atoms with Crippen LogP contribution in [0.3, 0.4) is 0 Å². The van der Waals surface area contributed by atoms with Gasteiger partial charge in [-0.25, -0.2) is 4.79 Å². The number of carbonyl (C=O) groups is 20. The van der Waals surface area contributed by atoms with Crippen LogP contribution in [-0.4, -0.2) is 324 Å². The van der Waals surface area contributed by atoms with Crippen LogP contribution in [-0.2, 0) is 112 Å². The molecule has 4 aliphatic heterocycles. The van der Waals surface area contributed by atoms with Crippen molar-refractivity contribution in [1.29, 1.82) is 0 Å². The first-order valence-corrected chi connectivity index (χ1v) is 49.6.